The van der Waals surface area contributed by atoms with Gasteiger partial charge < -0.3 is 20.5 Å². The van der Waals surface area contributed by atoms with Crippen LogP contribution in [0.15, 0.2) is 48.5 Å². The monoisotopic (exact) mass is 477 g/mol. The number of carboxylic acid groups (broad SMARTS) is 1. The first kappa shape index (κ1) is 23.4. The zero-order chi connectivity index (χ0) is 24.4. The summed E-state index contributed by atoms with van der Waals surface area (Å²) in [5.74, 6) is -1.08. The maximum atomic E-state index is 12.5. The Labute approximate surface area is 204 Å². The number of fused-ring (bicyclic) bond motifs is 3. The lowest BCUT2D eigenvalue weighted by atomic mass is 9.98. The Bertz CT molecular complexity index is 1070. The number of nitrogens with zero attached hydrogens (tertiary/aromatic N) is 1. The molecule has 1 heterocycles. The highest BCUT2D eigenvalue weighted by molar-refractivity contribution is 5.79. The number of likely N-dealkylation sites (tertiary alicyclic amines) is 1. The van der Waals surface area contributed by atoms with E-state index >= 15 is 0 Å². The minimum atomic E-state index is -0.782. The molecule has 0 radical (unpaired) electrons. The van der Waals surface area contributed by atoms with Crippen molar-refractivity contribution < 1.29 is 24.2 Å². The van der Waals surface area contributed by atoms with Gasteiger partial charge in [-0.25, -0.2) is 4.79 Å². The first-order chi connectivity index (χ1) is 17.0. The zero-order valence-electron chi connectivity index (χ0n) is 19.6. The molecule has 2 aliphatic carbocycles. The van der Waals surface area contributed by atoms with Crippen LogP contribution in [-0.4, -0.2) is 66.8 Å². The minimum Gasteiger partial charge on any atom is -0.481 e. The van der Waals surface area contributed by atoms with Crippen LogP contribution < -0.4 is 10.6 Å². The maximum Gasteiger partial charge on any atom is 0.407 e. The van der Waals surface area contributed by atoms with Crippen molar-refractivity contribution in [2.24, 2.45) is 11.8 Å². The number of amides is 2. The smallest absolute Gasteiger partial charge is 0.407 e. The predicted octanol–water partition coefficient (Wildman–Crippen LogP) is 2.83. The van der Waals surface area contributed by atoms with Crippen molar-refractivity contribution in [3.63, 3.8) is 0 Å². The summed E-state index contributed by atoms with van der Waals surface area (Å²) in [6.07, 6.45) is 1.74. The Morgan fingerprint density at radius 2 is 1.60 bits per heavy atom. The number of hydrogen-bond acceptors (Lipinski definition) is 5. The van der Waals surface area contributed by atoms with Crippen LogP contribution in [0, 0.1) is 11.8 Å². The van der Waals surface area contributed by atoms with Crippen molar-refractivity contribution in [2.45, 2.75) is 31.2 Å². The van der Waals surface area contributed by atoms with E-state index in [1.165, 1.54) is 22.3 Å². The molecule has 8 nitrogen and oxygen atoms in total. The normalized spacial score (nSPS) is 21.6. The van der Waals surface area contributed by atoms with Gasteiger partial charge in [0.1, 0.15) is 6.61 Å². The lowest BCUT2D eigenvalue weighted by Crippen LogP contribution is -2.47. The van der Waals surface area contributed by atoms with Crippen molar-refractivity contribution in [3.8, 4) is 11.1 Å². The molecule has 0 bridgehead atoms. The summed E-state index contributed by atoms with van der Waals surface area (Å²) < 4.78 is 5.65. The van der Waals surface area contributed by atoms with Crippen LogP contribution >= 0.6 is 0 Å². The van der Waals surface area contributed by atoms with Gasteiger partial charge >= 0.3 is 12.1 Å². The van der Waals surface area contributed by atoms with E-state index in [-0.39, 0.29) is 29.7 Å². The third-order valence-corrected chi connectivity index (χ3v) is 7.42. The van der Waals surface area contributed by atoms with Crippen LogP contribution in [0.5, 0.6) is 0 Å². The lowest BCUT2D eigenvalue weighted by Gasteiger charge is -2.31. The van der Waals surface area contributed by atoms with Crippen LogP contribution in [0.1, 0.15) is 36.3 Å². The maximum absolute atomic E-state index is 12.5. The lowest BCUT2D eigenvalue weighted by molar-refractivity contribution is -0.139. The largest absolute Gasteiger partial charge is 0.481 e. The highest BCUT2D eigenvalue weighted by Gasteiger charge is 2.43. The second kappa shape index (κ2) is 10.1. The third kappa shape index (κ3) is 5.32. The van der Waals surface area contributed by atoms with Crippen molar-refractivity contribution in [1.29, 1.82) is 0 Å². The quantitative estimate of drug-likeness (QED) is 0.540. The van der Waals surface area contributed by atoms with Gasteiger partial charge in [0.15, 0.2) is 0 Å². The van der Waals surface area contributed by atoms with Crippen LogP contribution in [0.2, 0.25) is 0 Å². The molecule has 1 saturated heterocycles. The summed E-state index contributed by atoms with van der Waals surface area (Å²) in [6, 6.07) is 16.5. The zero-order valence-corrected chi connectivity index (χ0v) is 19.6. The molecule has 8 heteroatoms. The number of hydrogen-bond donors (Lipinski definition) is 3. The number of piperidine rings is 1. The number of ether oxygens (including phenoxy) is 1. The van der Waals surface area contributed by atoms with E-state index in [0.29, 0.717) is 39.2 Å². The fourth-order valence-electron chi connectivity index (χ4n) is 5.32. The van der Waals surface area contributed by atoms with E-state index in [1.807, 2.05) is 24.3 Å². The molecule has 0 unspecified atom stereocenters. The summed E-state index contributed by atoms with van der Waals surface area (Å²) >= 11 is 0. The Morgan fingerprint density at radius 3 is 2.20 bits per heavy atom. The summed E-state index contributed by atoms with van der Waals surface area (Å²) in [6.45, 7) is 2.44. The molecular weight excluding hydrogens is 446 g/mol. The van der Waals surface area contributed by atoms with E-state index in [0.717, 1.165) is 12.8 Å². The average Bonchev–Trinajstić information content (AvgIpc) is 3.58. The second-order valence-electron chi connectivity index (χ2n) is 9.76. The topological polar surface area (TPSA) is 108 Å². The van der Waals surface area contributed by atoms with E-state index in [9.17, 15) is 14.4 Å². The Balaban J connectivity index is 1.03. The molecular formula is C27H31N3O5. The van der Waals surface area contributed by atoms with Gasteiger partial charge in [0.05, 0.1) is 12.5 Å². The molecule has 0 spiro atoms. The first-order valence-electron chi connectivity index (χ1n) is 12.3. The number of carbonyl (C=O) groups is 3. The van der Waals surface area contributed by atoms with Crippen LogP contribution in [0.4, 0.5) is 4.79 Å². The highest BCUT2D eigenvalue weighted by Crippen LogP contribution is 2.44. The molecule has 1 saturated carbocycles. The molecule has 1 aliphatic heterocycles. The number of rotatable bonds is 8. The summed E-state index contributed by atoms with van der Waals surface area (Å²) in [5.41, 5.74) is 4.78. The average molecular weight is 478 g/mol. The summed E-state index contributed by atoms with van der Waals surface area (Å²) in [4.78, 5) is 37.7. The van der Waals surface area contributed by atoms with E-state index in [1.54, 1.807) is 0 Å². The molecule has 3 aliphatic rings. The molecule has 2 amide bonds. The first-order valence-corrected chi connectivity index (χ1v) is 12.3. The van der Waals surface area contributed by atoms with Crippen molar-refractivity contribution in [3.05, 3.63) is 59.7 Å². The molecule has 184 valence electrons. The van der Waals surface area contributed by atoms with Crippen molar-refractivity contribution >= 4 is 18.0 Å². The van der Waals surface area contributed by atoms with Gasteiger partial charge in [-0.05, 0) is 47.4 Å². The molecule has 5 rings (SSSR count). The number of aliphatic carboxylic acids is 1. The van der Waals surface area contributed by atoms with Gasteiger partial charge in [0, 0.05) is 31.6 Å². The number of carboxylic acids is 1. The number of alkyl carbamates (subject to hydrolysis) is 1. The molecule has 3 N–H and O–H groups in total. The Morgan fingerprint density at radius 1 is 0.971 bits per heavy atom. The third-order valence-electron chi connectivity index (χ3n) is 7.42. The summed E-state index contributed by atoms with van der Waals surface area (Å²) in [5, 5.41) is 14.8. The Hall–Kier alpha value is -3.39. The number of carbonyl (C=O) groups excluding carboxylic acids is 2. The van der Waals surface area contributed by atoms with E-state index < -0.39 is 12.1 Å². The van der Waals surface area contributed by atoms with Gasteiger partial charge in [-0.15, -0.1) is 0 Å². The highest BCUT2D eigenvalue weighted by atomic mass is 16.5. The fourth-order valence-corrected chi connectivity index (χ4v) is 5.32. The van der Waals surface area contributed by atoms with Gasteiger partial charge in [-0.3, -0.25) is 14.5 Å². The SMILES string of the molecule is O=C(CN1CCC(NC(=O)OCC2c3ccccc3-c3ccccc32)CC1)NC[C@@H]1C[C@@H]1C(=O)O. The molecule has 2 atom stereocenters. The van der Waals surface area contributed by atoms with Crippen LogP contribution in [0.3, 0.4) is 0 Å². The van der Waals surface area contributed by atoms with Gasteiger partial charge in [-0.1, -0.05) is 48.5 Å². The number of nitrogens with one attached hydrogen (secondary N) is 2. The molecule has 2 fully saturated rings. The van der Waals surface area contributed by atoms with E-state index in [2.05, 4.69) is 39.8 Å². The van der Waals surface area contributed by atoms with Gasteiger partial charge in [0.2, 0.25) is 5.91 Å². The van der Waals surface area contributed by atoms with Crippen LogP contribution in [-0.2, 0) is 14.3 Å². The minimum absolute atomic E-state index is 0.0211. The van der Waals surface area contributed by atoms with Gasteiger partial charge in [-0.2, -0.15) is 0 Å². The van der Waals surface area contributed by atoms with Crippen molar-refractivity contribution in [2.75, 3.05) is 32.8 Å². The predicted molar refractivity (Wildman–Crippen MR) is 130 cm³/mol. The summed E-state index contributed by atoms with van der Waals surface area (Å²) in [7, 11) is 0. The fraction of sp³-hybridized carbons (Fsp3) is 0.444. The van der Waals surface area contributed by atoms with E-state index in [4.69, 9.17) is 9.84 Å². The molecule has 35 heavy (non-hydrogen) atoms. The van der Waals surface area contributed by atoms with Crippen molar-refractivity contribution in [1.82, 2.24) is 15.5 Å². The molecule has 2 aromatic rings. The number of benzene rings is 2. The molecule has 2 aromatic carbocycles. The standard InChI is InChI=1S/C27H31N3O5/c31-25(28-14-17-13-23(17)26(32)33)15-30-11-9-18(10-12-30)29-27(34)35-16-24-21-7-3-1-5-19(21)20-6-2-4-8-22(20)24/h1-8,17-18,23-24H,9-16H2,(H,28,31)(H,29,34)(H,32,33)/t17-,23-/m0/s1. The van der Waals surface area contributed by atoms with Crippen LogP contribution in [0.25, 0.3) is 11.1 Å². The molecule has 0 aromatic heterocycles. The van der Waals surface area contributed by atoms with Gasteiger partial charge in [0.25, 0.3) is 0 Å². The Kier molecular flexibility index (Phi) is 6.72. The second-order valence-corrected chi connectivity index (χ2v) is 9.76.